The second kappa shape index (κ2) is 6.22. The Hall–Kier alpha value is -0.660. The summed E-state index contributed by atoms with van der Waals surface area (Å²) < 4.78 is 37.1. The van der Waals surface area contributed by atoms with E-state index in [9.17, 15) is 17.6 Å². The Morgan fingerprint density at radius 2 is 2.10 bits per heavy atom. The van der Waals surface area contributed by atoms with Gasteiger partial charge < -0.3 is 5.32 Å². The van der Waals surface area contributed by atoms with Gasteiger partial charge in [-0.2, -0.15) is 0 Å². The number of hydrogen-bond donors (Lipinski definition) is 1. The largest absolute Gasteiger partial charge is 0.349 e. The molecule has 2 rings (SSSR count). The van der Waals surface area contributed by atoms with Crippen LogP contribution in [0.4, 0.5) is 4.39 Å². The first-order chi connectivity index (χ1) is 9.70. The van der Waals surface area contributed by atoms with Crippen molar-refractivity contribution in [3.8, 4) is 0 Å². The number of rotatable bonds is 4. The van der Waals surface area contributed by atoms with E-state index in [2.05, 4.69) is 21.2 Å². The fourth-order valence-corrected chi connectivity index (χ4v) is 3.79. The van der Waals surface area contributed by atoms with E-state index in [4.69, 9.17) is 10.7 Å². The van der Waals surface area contributed by atoms with Crippen molar-refractivity contribution in [3.63, 3.8) is 0 Å². The summed E-state index contributed by atoms with van der Waals surface area (Å²) in [5.74, 6) is -1.39. The van der Waals surface area contributed by atoms with Gasteiger partial charge in [0.1, 0.15) is 4.90 Å². The second-order valence-electron chi connectivity index (χ2n) is 5.16. The Kier molecular flexibility index (Phi) is 4.95. The minimum absolute atomic E-state index is 0.0827. The minimum atomic E-state index is -4.26. The van der Waals surface area contributed by atoms with Gasteiger partial charge in [0, 0.05) is 21.2 Å². The highest BCUT2D eigenvalue weighted by atomic mass is 79.9. The molecule has 8 heteroatoms. The van der Waals surface area contributed by atoms with Crippen LogP contribution < -0.4 is 5.32 Å². The zero-order valence-electron chi connectivity index (χ0n) is 11.2. The van der Waals surface area contributed by atoms with Crippen LogP contribution in [-0.2, 0) is 9.05 Å². The molecule has 0 saturated heterocycles. The Morgan fingerprint density at radius 1 is 1.48 bits per heavy atom. The van der Waals surface area contributed by atoms with Gasteiger partial charge in [-0.3, -0.25) is 4.79 Å². The van der Waals surface area contributed by atoms with Crippen LogP contribution in [0.25, 0.3) is 0 Å². The van der Waals surface area contributed by atoms with Crippen LogP contribution in [0.5, 0.6) is 0 Å². The van der Waals surface area contributed by atoms with Crippen molar-refractivity contribution in [1.29, 1.82) is 0 Å². The maximum Gasteiger partial charge on any atom is 0.264 e. The molecule has 1 aliphatic carbocycles. The fraction of sp³-hybridized carbons (Fsp3) is 0.462. The molecular formula is C13H14BrClFNO3S. The van der Waals surface area contributed by atoms with Gasteiger partial charge in [0.15, 0.2) is 5.82 Å². The second-order valence-corrected chi connectivity index (χ2v) is 8.61. The summed E-state index contributed by atoms with van der Waals surface area (Å²) in [6.45, 7) is 1.86. The number of nitrogens with one attached hydrogen (secondary N) is 1. The molecule has 21 heavy (non-hydrogen) atoms. The summed E-state index contributed by atoms with van der Waals surface area (Å²) >= 11 is 3.06. The van der Waals surface area contributed by atoms with Crippen molar-refractivity contribution < 1.29 is 17.6 Å². The molecule has 1 atom stereocenters. The molecule has 0 heterocycles. The normalized spacial score (nSPS) is 17.1. The zero-order chi connectivity index (χ0) is 15.8. The van der Waals surface area contributed by atoms with Gasteiger partial charge in [0.05, 0.1) is 5.56 Å². The third-order valence-corrected chi connectivity index (χ3v) is 5.51. The van der Waals surface area contributed by atoms with E-state index < -0.39 is 25.7 Å². The first-order valence-electron chi connectivity index (χ1n) is 6.44. The van der Waals surface area contributed by atoms with Crippen molar-refractivity contribution in [2.24, 2.45) is 5.92 Å². The lowest BCUT2D eigenvalue weighted by Crippen LogP contribution is -2.41. The first kappa shape index (κ1) is 16.7. The Morgan fingerprint density at radius 3 is 2.57 bits per heavy atom. The van der Waals surface area contributed by atoms with Crippen molar-refractivity contribution in [1.82, 2.24) is 5.32 Å². The Balaban J connectivity index is 2.30. The molecule has 1 aromatic carbocycles. The lowest BCUT2D eigenvalue weighted by Gasteiger charge is -2.31. The van der Waals surface area contributed by atoms with Crippen LogP contribution in [0.2, 0.25) is 0 Å². The van der Waals surface area contributed by atoms with Crippen molar-refractivity contribution in [2.45, 2.75) is 37.1 Å². The summed E-state index contributed by atoms with van der Waals surface area (Å²) in [7, 11) is 0.917. The van der Waals surface area contributed by atoms with E-state index in [0.29, 0.717) is 5.92 Å². The van der Waals surface area contributed by atoms with Crippen LogP contribution in [-0.4, -0.2) is 20.4 Å². The van der Waals surface area contributed by atoms with Gasteiger partial charge in [-0.1, -0.05) is 22.4 Å². The van der Waals surface area contributed by atoms with Crippen molar-refractivity contribution in [3.05, 3.63) is 28.0 Å². The van der Waals surface area contributed by atoms with Crippen LogP contribution in [0.3, 0.4) is 0 Å². The molecule has 1 unspecified atom stereocenters. The van der Waals surface area contributed by atoms with Crippen molar-refractivity contribution >= 4 is 41.6 Å². The lowest BCUT2D eigenvalue weighted by molar-refractivity contribution is 0.0904. The van der Waals surface area contributed by atoms with Crippen molar-refractivity contribution in [2.75, 3.05) is 0 Å². The van der Waals surface area contributed by atoms with Crippen LogP contribution in [0, 0.1) is 11.7 Å². The molecule has 0 aromatic heterocycles. The quantitative estimate of drug-likeness (QED) is 0.790. The number of halogens is 3. The zero-order valence-corrected chi connectivity index (χ0v) is 14.4. The monoisotopic (exact) mass is 397 g/mol. The van der Waals surface area contributed by atoms with Gasteiger partial charge >= 0.3 is 0 Å². The molecule has 116 valence electrons. The number of carbonyl (C=O) groups is 1. The molecule has 0 aliphatic heterocycles. The van der Waals surface area contributed by atoms with E-state index in [1.54, 1.807) is 0 Å². The van der Waals surface area contributed by atoms with E-state index in [1.165, 1.54) is 6.07 Å². The number of amides is 1. The molecule has 4 nitrogen and oxygen atoms in total. The summed E-state index contributed by atoms with van der Waals surface area (Å²) in [5, 5.41) is 2.71. The smallest absolute Gasteiger partial charge is 0.264 e. The van der Waals surface area contributed by atoms with Gasteiger partial charge in [-0.05, 0) is 37.8 Å². The molecular weight excluding hydrogens is 385 g/mol. The maximum absolute atomic E-state index is 14.2. The SMILES string of the molecule is CC(NC(=O)c1cc(Br)cc(S(=O)(=O)Cl)c1F)C1CCC1. The summed E-state index contributed by atoms with van der Waals surface area (Å²) in [4.78, 5) is 11.4. The molecule has 1 aromatic rings. The minimum Gasteiger partial charge on any atom is -0.349 e. The standard InChI is InChI=1S/C13H14BrClFNO3S/c1-7(8-3-2-4-8)17-13(18)10-5-9(14)6-11(12(10)16)21(15,19)20/h5-8H,2-4H2,1H3,(H,17,18). The highest BCUT2D eigenvalue weighted by Gasteiger charge is 2.28. The highest BCUT2D eigenvalue weighted by molar-refractivity contribution is 9.10. The maximum atomic E-state index is 14.2. The molecule has 1 fully saturated rings. The fourth-order valence-electron chi connectivity index (χ4n) is 2.25. The van der Waals surface area contributed by atoms with E-state index in [0.717, 1.165) is 25.3 Å². The summed E-state index contributed by atoms with van der Waals surface area (Å²) in [5.41, 5.74) is -0.338. The average Bonchev–Trinajstić information content (AvgIpc) is 2.27. The predicted molar refractivity (Wildman–Crippen MR) is 81.4 cm³/mol. The summed E-state index contributed by atoms with van der Waals surface area (Å²) in [6, 6.07) is 2.19. The molecule has 1 amide bonds. The highest BCUT2D eigenvalue weighted by Crippen LogP contribution is 2.30. The van der Waals surface area contributed by atoms with E-state index >= 15 is 0 Å². The Labute approximate surface area is 135 Å². The topological polar surface area (TPSA) is 63.2 Å². The van der Waals surface area contributed by atoms with Gasteiger partial charge in [-0.15, -0.1) is 0 Å². The van der Waals surface area contributed by atoms with Crippen LogP contribution in [0.15, 0.2) is 21.5 Å². The number of benzene rings is 1. The number of carbonyl (C=O) groups excluding carboxylic acids is 1. The Bertz CT molecular complexity index is 676. The molecule has 0 radical (unpaired) electrons. The van der Waals surface area contributed by atoms with Gasteiger partial charge in [-0.25, -0.2) is 12.8 Å². The summed E-state index contributed by atoms with van der Waals surface area (Å²) in [6.07, 6.45) is 3.19. The first-order valence-corrected chi connectivity index (χ1v) is 9.55. The lowest BCUT2D eigenvalue weighted by atomic mass is 9.80. The molecule has 0 bridgehead atoms. The third-order valence-electron chi connectivity index (χ3n) is 3.73. The molecule has 1 aliphatic rings. The van der Waals surface area contributed by atoms with Gasteiger partial charge in [0.25, 0.3) is 15.0 Å². The predicted octanol–water partition coefficient (Wildman–Crippen LogP) is 3.43. The average molecular weight is 399 g/mol. The molecule has 1 N–H and O–H groups in total. The van der Waals surface area contributed by atoms with E-state index in [1.807, 2.05) is 6.92 Å². The van der Waals surface area contributed by atoms with Crippen LogP contribution in [0.1, 0.15) is 36.5 Å². The third kappa shape index (κ3) is 3.76. The van der Waals surface area contributed by atoms with Crippen LogP contribution >= 0.6 is 26.6 Å². The molecule has 1 saturated carbocycles. The molecule has 0 spiro atoms. The van der Waals surface area contributed by atoms with Gasteiger partial charge in [0.2, 0.25) is 0 Å². The van der Waals surface area contributed by atoms with E-state index in [-0.39, 0.29) is 16.1 Å². The number of hydrogen-bond acceptors (Lipinski definition) is 3.